The lowest BCUT2D eigenvalue weighted by molar-refractivity contribution is -0.127. The zero-order valence-electron chi connectivity index (χ0n) is 19.1. The Hall–Kier alpha value is -3.44. The molecule has 0 aliphatic rings. The van der Waals surface area contributed by atoms with Crippen LogP contribution in [0, 0.1) is 13.8 Å². The van der Waals surface area contributed by atoms with Gasteiger partial charge in [-0.25, -0.2) is 0 Å². The third kappa shape index (κ3) is 6.05. The highest BCUT2D eigenvalue weighted by Gasteiger charge is 2.24. The minimum atomic E-state index is -0.478. The fraction of sp³-hybridized carbons (Fsp3) is 0.259. The zero-order valence-corrected chi connectivity index (χ0v) is 19.1. The number of anilines is 1. The fourth-order valence-electron chi connectivity index (χ4n) is 3.54. The quantitative estimate of drug-likeness (QED) is 0.555. The Kier molecular flexibility index (Phi) is 7.79. The molecule has 0 bridgehead atoms. The molecule has 5 nitrogen and oxygen atoms in total. The average molecular weight is 430 g/mol. The van der Waals surface area contributed by atoms with E-state index in [4.69, 9.17) is 0 Å². The van der Waals surface area contributed by atoms with Gasteiger partial charge in [0.15, 0.2) is 0 Å². The number of carbonyl (C=O) groups is 2. The molecule has 0 spiro atoms. The smallest absolute Gasteiger partial charge is 0.238 e. The molecule has 0 saturated carbocycles. The van der Waals surface area contributed by atoms with Gasteiger partial charge < -0.3 is 10.6 Å². The largest absolute Gasteiger partial charge is 0.344 e. The molecule has 5 heteroatoms. The molecule has 32 heavy (non-hydrogen) atoms. The Labute approximate surface area is 190 Å². The Morgan fingerprint density at radius 3 is 2.00 bits per heavy atom. The summed E-state index contributed by atoms with van der Waals surface area (Å²) < 4.78 is 0. The van der Waals surface area contributed by atoms with E-state index < -0.39 is 6.04 Å². The normalized spacial score (nSPS) is 11.9. The van der Waals surface area contributed by atoms with Crippen molar-refractivity contribution in [2.45, 2.75) is 32.9 Å². The Morgan fingerprint density at radius 1 is 0.875 bits per heavy atom. The van der Waals surface area contributed by atoms with E-state index in [0.29, 0.717) is 0 Å². The maximum absolute atomic E-state index is 13.1. The van der Waals surface area contributed by atoms with Crippen molar-refractivity contribution in [3.05, 3.63) is 101 Å². The van der Waals surface area contributed by atoms with Crippen LogP contribution in [-0.4, -0.2) is 36.3 Å². The highest BCUT2D eigenvalue weighted by molar-refractivity contribution is 5.93. The number of nitrogens with zero attached hydrogens (tertiary/aromatic N) is 1. The number of likely N-dealkylation sites (N-methyl/N-ethyl adjacent to an activating group) is 1. The molecule has 0 saturated heterocycles. The summed E-state index contributed by atoms with van der Waals surface area (Å²) in [5.74, 6) is -0.284. The van der Waals surface area contributed by atoms with Crippen molar-refractivity contribution in [1.82, 2.24) is 10.2 Å². The molecule has 0 aromatic heterocycles. The number of rotatable bonds is 8. The van der Waals surface area contributed by atoms with Gasteiger partial charge >= 0.3 is 0 Å². The number of hydrogen-bond donors (Lipinski definition) is 2. The molecular formula is C27H31N3O2. The zero-order chi connectivity index (χ0) is 23.1. The van der Waals surface area contributed by atoms with Crippen molar-refractivity contribution in [2.75, 3.05) is 18.9 Å². The van der Waals surface area contributed by atoms with Gasteiger partial charge in [0, 0.05) is 5.69 Å². The van der Waals surface area contributed by atoms with Crippen LogP contribution in [0.3, 0.4) is 0 Å². The van der Waals surface area contributed by atoms with E-state index in [2.05, 4.69) is 10.6 Å². The molecule has 1 atom stereocenters. The summed E-state index contributed by atoms with van der Waals surface area (Å²) in [6.07, 6.45) is 0. The van der Waals surface area contributed by atoms with Gasteiger partial charge in [-0.1, -0.05) is 72.8 Å². The maximum Gasteiger partial charge on any atom is 0.238 e. The molecule has 3 aromatic rings. The second kappa shape index (κ2) is 10.7. The molecule has 0 fully saturated rings. The van der Waals surface area contributed by atoms with Crippen molar-refractivity contribution in [3.8, 4) is 0 Å². The second-order valence-corrected chi connectivity index (χ2v) is 8.22. The SMILES string of the molecule is Cc1ccc(C)c(NC(=O)CN(C)[C@H](C)C(=O)NC(c2ccccc2)c2ccccc2)c1. The number of nitrogens with one attached hydrogen (secondary N) is 2. The number of benzene rings is 3. The lowest BCUT2D eigenvalue weighted by Crippen LogP contribution is -2.47. The van der Waals surface area contributed by atoms with Crippen LogP contribution < -0.4 is 10.6 Å². The second-order valence-electron chi connectivity index (χ2n) is 8.22. The summed E-state index contributed by atoms with van der Waals surface area (Å²) >= 11 is 0. The van der Waals surface area contributed by atoms with Crippen molar-refractivity contribution in [2.24, 2.45) is 0 Å². The first-order chi connectivity index (χ1) is 15.3. The van der Waals surface area contributed by atoms with Crippen molar-refractivity contribution in [3.63, 3.8) is 0 Å². The van der Waals surface area contributed by atoms with Gasteiger partial charge in [0.05, 0.1) is 18.6 Å². The van der Waals surface area contributed by atoms with E-state index in [0.717, 1.165) is 27.9 Å². The van der Waals surface area contributed by atoms with E-state index in [1.807, 2.05) is 99.6 Å². The van der Waals surface area contributed by atoms with E-state index in [9.17, 15) is 9.59 Å². The van der Waals surface area contributed by atoms with Crippen LogP contribution in [0.4, 0.5) is 5.69 Å². The number of carbonyl (C=O) groups excluding carboxylic acids is 2. The van der Waals surface area contributed by atoms with Crippen LogP contribution in [0.2, 0.25) is 0 Å². The van der Waals surface area contributed by atoms with Gasteiger partial charge in [0.1, 0.15) is 0 Å². The molecular weight excluding hydrogens is 398 g/mol. The topological polar surface area (TPSA) is 61.4 Å². The summed E-state index contributed by atoms with van der Waals surface area (Å²) in [4.78, 5) is 27.4. The van der Waals surface area contributed by atoms with Crippen LogP contribution in [0.15, 0.2) is 78.9 Å². The van der Waals surface area contributed by atoms with E-state index in [1.165, 1.54) is 0 Å². The molecule has 2 N–H and O–H groups in total. The van der Waals surface area contributed by atoms with Crippen LogP contribution in [0.1, 0.15) is 35.2 Å². The minimum Gasteiger partial charge on any atom is -0.344 e. The molecule has 3 aromatic carbocycles. The van der Waals surface area contributed by atoms with E-state index in [-0.39, 0.29) is 24.4 Å². The van der Waals surface area contributed by atoms with Gasteiger partial charge in [0.2, 0.25) is 11.8 Å². The molecule has 0 radical (unpaired) electrons. The van der Waals surface area contributed by atoms with Crippen LogP contribution in [-0.2, 0) is 9.59 Å². The van der Waals surface area contributed by atoms with E-state index >= 15 is 0 Å². The first-order valence-electron chi connectivity index (χ1n) is 10.8. The van der Waals surface area contributed by atoms with Crippen molar-refractivity contribution >= 4 is 17.5 Å². The molecule has 0 heterocycles. The van der Waals surface area contributed by atoms with Gasteiger partial charge in [0.25, 0.3) is 0 Å². The predicted octanol–water partition coefficient (Wildman–Crippen LogP) is 4.47. The van der Waals surface area contributed by atoms with Crippen molar-refractivity contribution < 1.29 is 9.59 Å². The first-order valence-corrected chi connectivity index (χ1v) is 10.8. The van der Waals surface area contributed by atoms with Gasteiger partial charge in [-0.15, -0.1) is 0 Å². The molecule has 0 aliphatic heterocycles. The number of amides is 2. The average Bonchev–Trinajstić information content (AvgIpc) is 2.80. The Bertz CT molecular complexity index is 1010. The molecule has 0 aliphatic carbocycles. The van der Waals surface area contributed by atoms with Gasteiger partial charge in [-0.2, -0.15) is 0 Å². The molecule has 3 rings (SSSR count). The first kappa shape index (κ1) is 23.2. The third-order valence-electron chi connectivity index (χ3n) is 5.65. The monoisotopic (exact) mass is 429 g/mol. The van der Waals surface area contributed by atoms with Gasteiger partial charge in [-0.3, -0.25) is 14.5 Å². The molecule has 166 valence electrons. The van der Waals surface area contributed by atoms with Crippen LogP contribution in [0.25, 0.3) is 0 Å². The number of hydrogen-bond acceptors (Lipinski definition) is 3. The maximum atomic E-state index is 13.1. The predicted molar refractivity (Wildman–Crippen MR) is 130 cm³/mol. The lowest BCUT2D eigenvalue weighted by Gasteiger charge is -2.27. The van der Waals surface area contributed by atoms with E-state index in [1.54, 1.807) is 11.9 Å². The van der Waals surface area contributed by atoms with Crippen LogP contribution >= 0.6 is 0 Å². The summed E-state index contributed by atoms with van der Waals surface area (Å²) in [5.41, 5.74) is 4.91. The summed E-state index contributed by atoms with van der Waals surface area (Å²) in [6, 6.07) is 25.0. The highest BCUT2D eigenvalue weighted by Crippen LogP contribution is 2.22. The Morgan fingerprint density at radius 2 is 1.44 bits per heavy atom. The van der Waals surface area contributed by atoms with Crippen LogP contribution in [0.5, 0.6) is 0 Å². The van der Waals surface area contributed by atoms with Crippen molar-refractivity contribution in [1.29, 1.82) is 0 Å². The fourth-order valence-corrected chi connectivity index (χ4v) is 3.54. The Balaban J connectivity index is 1.66. The number of aryl methyl sites for hydroxylation is 2. The highest BCUT2D eigenvalue weighted by atomic mass is 16.2. The van der Waals surface area contributed by atoms with Gasteiger partial charge in [-0.05, 0) is 56.1 Å². The molecule has 2 amide bonds. The lowest BCUT2D eigenvalue weighted by atomic mass is 9.98. The molecule has 0 unspecified atom stereocenters. The minimum absolute atomic E-state index is 0.114. The summed E-state index contributed by atoms with van der Waals surface area (Å²) in [5, 5.41) is 6.11. The third-order valence-corrected chi connectivity index (χ3v) is 5.65. The summed E-state index contributed by atoms with van der Waals surface area (Å²) in [6.45, 7) is 5.88. The standard InChI is InChI=1S/C27H31N3O2/c1-19-15-16-20(2)24(17-19)28-25(31)18-30(4)21(3)27(32)29-26(22-11-7-5-8-12-22)23-13-9-6-10-14-23/h5-17,21,26H,18H2,1-4H3,(H,28,31)(H,29,32)/t21-/m1/s1. The summed E-state index contributed by atoms with van der Waals surface area (Å²) in [7, 11) is 1.78.